The Kier molecular flexibility index (Phi) is 3.66. The normalized spacial score (nSPS) is 19.3. The van der Waals surface area contributed by atoms with E-state index in [4.69, 9.17) is 9.84 Å². The number of rotatable bonds is 4. The lowest BCUT2D eigenvalue weighted by atomic mass is 10.1. The highest BCUT2D eigenvalue weighted by Crippen LogP contribution is 2.26. The molecule has 7 nitrogen and oxygen atoms in total. The van der Waals surface area contributed by atoms with Gasteiger partial charge in [0.15, 0.2) is 0 Å². The van der Waals surface area contributed by atoms with Crippen molar-refractivity contribution in [3.8, 4) is 5.75 Å². The molecule has 1 unspecified atom stereocenters. The first-order valence-electron chi connectivity index (χ1n) is 5.84. The van der Waals surface area contributed by atoms with Gasteiger partial charge in [-0.05, 0) is 25.6 Å². The highest BCUT2D eigenvalue weighted by atomic mass is 16.6. The molecule has 1 fully saturated rings. The van der Waals surface area contributed by atoms with Gasteiger partial charge in [0.25, 0.3) is 5.69 Å². The minimum atomic E-state index is -1.32. The van der Waals surface area contributed by atoms with Crippen LogP contribution in [0.4, 0.5) is 5.69 Å². The highest BCUT2D eigenvalue weighted by Gasteiger charge is 2.24. The van der Waals surface area contributed by atoms with Gasteiger partial charge < -0.3 is 14.7 Å². The molecular formula is C12H14N2O5. The molecule has 0 saturated carbocycles. The van der Waals surface area contributed by atoms with Crippen LogP contribution in [0.25, 0.3) is 0 Å². The molecule has 1 aromatic rings. The van der Waals surface area contributed by atoms with Crippen LogP contribution >= 0.6 is 0 Å². The van der Waals surface area contributed by atoms with E-state index in [0.717, 1.165) is 19.5 Å². The number of nitro benzene ring substituents is 1. The average Bonchev–Trinajstić information content (AvgIpc) is 2.74. The summed E-state index contributed by atoms with van der Waals surface area (Å²) in [6, 6.07) is 3.82. The van der Waals surface area contributed by atoms with Crippen molar-refractivity contribution in [2.24, 2.45) is 0 Å². The Labute approximate surface area is 109 Å². The Morgan fingerprint density at radius 1 is 1.58 bits per heavy atom. The lowest BCUT2D eigenvalue weighted by Crippen LogP contribution is -2.21. The zero-order valence-electron chi connectivity index (χ0n) is 10.4. The maximum atomic E-state index is 10.9. The summed E-state index contributed by atoms with van der Waals surface area (Å²) in [6.07, 6.45) is 0.839. The summed E-state index contributed by atoms with van der Waals surface area (Å²) in [6.45, 7) is 1.68. The van der Waals surface area contributed by atoms with Crippen molar-refractivity contribution in [3.63, 3.8) is 0 Å². The largest absolute Gasteiger partial charge is 0.489 e. The third kappa shape index (κ3) is 3.00. The summed E-state index contributed by atoms with van der Waals surface area (Å²) in [5.74, 6) is -0.990. The van der Waals surface area contributed by atoms with Gasteiger partial charge in [0.1, 0.15) is 17.4 Å². The number of ether oxygens (including phenoxy) is 1. The summed E-state index contributed by atoms with van der Waals surface area (Å²) < 4.78 is 5.63. The molecule has 1 saturated heterocycles. The van der Waals surface area contributed by atoms with Crippen LogP contribution in [0.5, 0.6) is 5.75 Å². The van der Waals surface area contributed by atoms with Crippen LogP contribution in [0, 0.1) is 10.1 Å². The van der Waals surface area contributed by atoms with Gasteiger partial charge in [-0.1, -0.05) is 0 Å². The molecule has 1 heterocycles. The zero-order valence-corrected chi connectivity index (χ0v) is 10.4. The number of carboxylic acids is 1. The molecule has 0 bridgehead atoms. The molecule has 2 rings (SSSR count). The maximum absolute atomic E-state index is 10.9. The number of nitrogens with zero attached hydrogens (tertiary/aromatic N) is 2. The monoisotopic (exact) mass is 266 g/mol. The number of likely N-dealkylation sites (tertiary alicyclic amines) is 1. The Morgan fingerprint density at radius 3 is 2.84 bits per heavy atom. The standard InChI is InChI=1S/C12H14N2O5/c1-13-5-4-9(7-13)19-8-2-3-10(12(15)16)11(6-8)14(17)18/h2-3,6,9H,4-5,7H2,1H3,(H,15,16). The SMILES string of the molecule is CN1CCC(Oc2ccc(C(=O)O)c([N+](=O)[O-])c2)C1. The van der Waals surface area contributed by atoms with Gasteiger partial charge in [-0.2, -0.15) is 0 Å². The number of carbonyl (C=O) groups is 1. The molecule has 102 valence electrons. The molecule has 1 aliphatic rings. The molecule has 7 heteroatoms. The third-order valence-corrected chi connectivity index (χ3v) is 3.05. The maximum Gasteiger partial charge on any atom is 0.342 e. The summed E-state index contributed by atoms with van der Waals surface area (Å²) in [7, 11) is 1.97. The van der Waals surface area contributed by atoms with Crippen LogP contribution in [0.2, 0.25) is 0 Å². The first kappa shape index (κ1) is 13.3. The summed E-state index contributed by atoms with van der Waals surface area (Å²) in [5, 5.41) is 19.7. The minimum Gasteiger partial charge on any atom is -0.489 e. The molecule has 1 atom stereocenters. The Balaban J connectivity index is 2.21. The van der Waals surface area contributed by atoms with E-state index < -0.39 is 16.6 Å². The predicted molar refractivity (Wildman–Crippen MR) is 66.6 cm³/mol. The molecular weight excluding hydrogens is 252 g/mol. The summed E-state index contributed by atoms with van der Waals surface area (Å²) >= 11 is 0. The van der Waals surface area contributed by atoms with E-state index in [1.165, 1.54) is 18.2 Å². The Morgan fingerprint density at radius 2 is 2.32 bits per heavy atom. The van der Waals surface area contributed by atoms with Gasteiger partial charge >= 0.3 is 5.97 Å². The Hall–Kier alpha value is -2.15. The molecule has 19 heavy (non-hydrogen) atoms. The predicted octanol–water partition coefficient (Wildman–Crippen LogP) is 1.38. The number of benzene rings is 1. The third-order valence-electron chi connectivity index (χ3n) is 3.05. The van der Waals surface area contributed by atoms with Crippen molar-refractivity contribution in [1.82, 2.24) is 4.90 Å². The van der Waals surface area contributed by atoms with Crippen LogP contribution in [0.1, 0.15) is 16.8 Å². The summed E-state index contributed by atoms with van der Waals surface area (Å²) in [4.78, 5) is 23.1. The lowest BCUT2D eigenvalue weighted by Gasteiger charge is -2.13. The fourth-order valence-corrected chi connectivity index (χ4v) is 2.10. The number of nitro groups is 1. The second-order valence-electron chi connectivity index (χ2n) is 4.53. The first-order valence-corrected chi connectivity index (χ1v) is 5.84. The second-order valence-corrected chi connectivity index (χ2v) is 4.53. The van der Waals surface area contributed by atoms with Crippen molar-refractivity contribution in [2.45, 2.75) is 12.5 Å². The fourth-order valence-electron chi connectivity index (χ4n) is 2.10. The number of likely N-dealkylation sites (N-methyl/N-ethyl adjacent to an activating group) is 1. The van der Waals surface area contributed by atoms with E-state index in [0.29, 0.717) is 5.75 Å². The zero-order chi connectivity index (χ0) is 14.0. The van der Waals surface area contributed by atoms with Gasteiger partial charge in [-0.25, -0.2) is 4.79 Å². The number of aromatic carboxylic acids is 1. The van der Waals surface area contributed by atoms with Crippen molar-refractivity contribution in [1.29, 1.82) is 0 Å². The molecule has 0 spiro atoms. The van der Waals surface area contributed by atoms with Crippen molar-refractivity contribution >= 4 is 11.7 Å². The second kappa shape index (κ2) is 5.23. The topological polar surface area (TPSA) is 92.9 Å². The van der Waals surface area contributed by atoms with Crippen LogP contribution in [-0.2, 0) is 0 Å². The van der Waals surface area contributed by atoms with Gasteiger partial charge in [-0.3, -0.25) is 10.1 Å². The number of hydrogen-bond acceptors (Lipinski definition) is 5. The van der Waals surface area contributed by atoms with Gasteiger partial charge in [0.05, 0.1) is 11.0 Å². The van der Waals surface area contributed by atoms with E-state index in [1.54, 1.807) is 0 Å². The highest BCUT2D eigenvalue weighted by molar-refractivity contribution is 5.92. The van der Waals surface area contributed by atoms with Gasteiger partial charge in [0, 0.05) is 13.1 Å². The molecule has 0 amide bonds. The lowest BCUT2D eigenvalue weighted by molar-refractivity contribution is -0.385. The number of hydrogen-bond donors (Lipinski definition) is 1. The van der Waals surface area contributed by atoms with E-state index >= 15 is 0 Å². The molecule has 0 radical (unpaired) electrons. The van der Waals surface area contributed by atoms with E-state index in [9.17, 15) is 14.9 Å². The van der Waals surface area contributed by atoms with Gasteiger partial charge in [-0.15, -0.1) is 0 Å². The van der Waals surface area contributed by atoms with Crippen LogP contribution in [0.15, 0.2) is 18.2 Å². The Bertz CT molecular complexity index is 517. The molecule has 1 aromatic carbocycles. The van der Waals surface area contributed by atoms with Crippen molar-refractivity contribution < 1.29 is 19.6 Å². The summed E-state index contributed by atoms with van der Waals surface area (Å²) in [5.41, 5.74) is -0.780. The van der Waals surface area contributed by atoms with E-state index in [1.807, 2.05) is 7.05 Å². The molecule has 1 aliphatic heterocycles. The quantitative estimate of drug-likeness (QED) is 0.653. The van der Waals surface area contributed by atoms with Crippen LogP contribution < -0.4 is 4.74 Å². The van der Waals surface area contributed by atoms with Crippen molar-refractivity contribution in [3.05, 3.63) is 33.9 Å². The van der Waals surface area contributed by atoms with Crippen LogP contribution in [-0.4, -0.2) is 47.1 Å². The molecule has 0 aromatic heterocycles. The van der Waals surface area contributed by atoms with Crippen LogP contribution in [0.3, 0.4) is 0 Å². The molecule has 1 N–H and O–H groups in total. The average molecular weight is 266 g/mol. The number of carboxylic acid groups (broad SMARTS) is 1. The smallest absolute Gasteiger partial charge is 0.342 e. The minimum absolute atomic E-state index is 0.0136. The van der Waals surface area contributed by atoms with E-state index in [-0.39, 0.29) is 11.7 Å². The van der Waals surface area contributed by atoms with E-state index in [2.05, 4.69) is 4.90 Å². The first-order chi connectivity index (χ1) is 8.97. The van der Waals surface area contributed by atoms with Crippen molar-refractivity contribution in [2.75, 3.05) is 20.1 Å². The molecule has 0 aliphatic carbocycles. The van der Waals surface area contributed by atoms with Gasteiger partial charge in [0.2, 0.25) is 0 Å². The fraction of sp³-hybridized carbons (Fsp3) is 0.417.